The molecule has 9 nitrogen and oxygen atoms in total. The molecule has 6 heterocycles. The highest BCUT2D eigenvalue weighted by Gasteiger charge is 2.38. The van der Waals surface area contributed by atoms with Gasteiger partial charge in [-0.05, 0) is 85.0 Å². The number of anilines is 2. The van der Waals surface area contributed by atoms with Crippen LogP contribution in [0.3, 0.4) is 0 Å². The average Bonchev–Trinajstić information content (AvgIpc) is 3.86. The Balaban J connectivity index is 1.04. The predicted octanol–water partition coefficient (Wildman–Crippen LogP) is 6.67. The number of aromatic nitrogens is 5. The molecule has 2 saturated heterocycles. The van der Waals surface area contributed by atoms with E-state index in [-0.39, 0.29) is 0 Å². The number of likely N-dealkylation sites (tertiary alicyclic amines) is 1. The van der Waals surface area contributed by atoms with E-state index in [4.69, 9.17) is 14.5 Å². The van der Waals surface area contributed by atoms with E-state index in [2.05, 4.69) is 90.9 Å². The first-order chi connectivity index (χ1) is 21.2. The predicted molar refractivity (Wildman–Crippen MR) is 167 cm³/mol. The third-order valence-electron chi connectivity index (χ3n) is 9.20. The summed E-state index contributed by atoms with van der Waals surface area (Å²) in [4.78, 5) is 9.92. The van der Waals surface area contributed by atoms with E-state index in [1.54, 1.807) is 0 Å². The van der Waals surface area contributed by atoms with Crippen molar-refractivity contribution in [1.82, 2.24) is 30.3 Å². The van der Waals surface area contributed by atoms with Crippen LogP contribution in [0.25, 0.3) is 44.1 Å². The number of unbranched alkanes of at least 4 members (excludes halogenated alkanes) is 1. The normalized spacial score (nSPS) is 19.2. The molecule has 2 N–H and O–H groups in total. The average molecular weight is 570 g/mol. The van der Waals surface area contributed by atoms with Gasteiger partial charge in [-0.2, -0.15) is 10.2 Å². The number of hydrogen-bond donors (Lipinski definition) is 2. The van der Waals surface area contributed by atoms with Gasteiger partial charge in [0.2, 0.25) is 0 Å². The Morgan fingerprint density at radius 1 is 0.744 bits per heavy atom. The summed E-state index contributed by atoms with van der Waals surface area (Å²) in [5, 5.41) is 16.6. The molecule has 2 atom stereocenters. The molecule has 3 aliphatic rings. The van der Waals surface area contributed by atoms with Gasteiger partial charge in [0.05, 0.1) is 41.8 Å². The Kier molecular flexibility index (Phi) is 5.73. The molecule has 0 spiro atoms. The number of benzene rings is 3. The number of nitrogens with one attached hydrogen (secondary N) is 2. The van der Waals surface area contributed by atoms with Crippen LogP contribution in [0, 0.1) is 0 Å². The van der Waals surface area contributed by atoms with Gasteiger partial charge in [0.15, 0.2) is 17.3 Å². The maximum absolute atomic E-state index is 6.63. The molecule has 0 unspecified atom stereocenters. The van der Waals surface area contributed by atoms with Gasteiger partial charge in [-0.25, -0.2) is 4.98 Å². The Bertz CT molecular complexity index is 1860. The van der Waals surface area contributed by atoms with Crippen molar-refractivity contribution in [2.45, 2.75) is 31.4 Å². The van der Waals surface area contributed by atoms with Crippen molar-refractivity contribution in [3.8, 4) is 33.8 Å². The number of H-pyrrole nitrogens is 2. The highest BCUT2D eigenvalue weighted by Crippen LogP contribution is 2.48. The molecule has 9 rings (SSSR count). The van der Waals surface area contributed by atoms with Gasteiger partial charge in [0.1, 0.15) is 0 Å². The number of fused-ring (bicyclic) bond motifs is 6. The minimum Gasteiger partial charge on any atom is -0.451 e. The van der Waals surface area contributed by atoms with Crippen molar-refractivity contribution >= 4 is 33.3 Å². The fourth-order valence-corrected chi connectivity index (χ4v) is 6.91. The topological polar surface area (TPSA) is 95.2 Å². The number of aromatic amines is 2. The highest BCUT2D eigenvalue weighted by atomic mass is 16.5. The molecule has 0 saturated carbocycles. The zero-order valence-corrected chi connectivity index (χ0v) is 23.7. The van der Waals surface area contributed by atoms with E-state index < -0.39 is 0 Å². The maximum Gasteiger partial charge on any atom is 0.176 e. The van der Waals surface area contributed by atoms with E-state index in [1.165, 1.54) is 6.42 Å². The zero-order valence-electron chi connectivity index (χ0n) is 23.7. The Labute approximate surface area is 248 Å². The molecule has 2 fully saturated rings. The van der Waals surface area contributed by atoms with Gasteiger partial charge in [-0.1, -0.05) is 18.2 Å². The lowest BCUT2D eigenvalue weighted by molar-refractivity contribution is 0.0301. The largest absolute Gasteiger partial charge is 0.451 e. The molecule has 9 heteroatoms. The Morgan fingerprint density at radius 2 is 1.44 bits per heavy atom. The van der Waals surface area contributed by atoms with Crippen LogP contribution in [-0.2, 0) is 4.74 Å². The first-order valence-electron chi connectivity index (χ1n) is 15.1. The van der Waals surface area contributed by atoms with Crippen molar-refractivity contribution in [2.24, 2.45) is 0 Å². The summed E-state index contributed by atoms with van der Waals surface area (Å²) in [6.45, 7) is 3.96. The van der Waals surface area contributed by atoms with Crippen LogP contribution in [-0.4, -0.2) is 68.7 Å². The number of ether oxygens (including phenoxy) is 2. The summed E-state index contributed by atoms with van der Waals surface area (Å²) in [5.74, 6) is 2.48. The summed E-state index contributed by atoms with van der Waals surface area (Å²) in [5.41, 5.74) is 7.41. The van der Waals surface area contributed by atoms with Crippen LogP contribution < -0.4 is 9.64 Å². The van der Waals surface area contributed by atoms with Crippen molar-refractivity contribution in [2.75, 3.05) is 31.1 Å². The van der Waals surface area contributed by atoms with Crippen LogP contribution in [0.1, 0.15) is 19.3 Å². The van der Waals surface area contributed by atoms with E-state index in [1.807, 2.05) is 18.6 Å². The zero-order chi connectivity index (χ0) is 28.3. The van der Waals surface area contributed by atoms with Gasteiger partial charge in [-0.3, -0.25) is 15.1 Å². The minimum atomic E-state index is 0.444. The molecule has 3 aromatic carbocycles. The van der Waals surface area contributed by atoms with E-state index >= 15 is 0 Å². The molecule has 3 aromatic heterocycles. The van der Waals surface area contributed by atoms with E-state index in [0.29, 0.717) is 12.1 Å². The van der Waals surface area contributed by atoms with Gasteiger partial charge in [0.25, 0.3) is 0 Å². The Hall–Kier alpha value is -4.73. The molecule has 0 amide bonds. The van der Waals surface area contributed by atoms with Gasteiger partial charge in [0, 0.05) is 41.7 Å². The first kappa shape index (κ1) is 24.8. The maximum atomic E-state index is 6.63. The minimum absolute atomic E-state index is 0.444. The first-order valence-corrected chi connectivity index (χ1v) is 15.1. The fourth-order valence-electron chi connectivity index (χ4n) is 6.91. The smallest absolute Gasteiger partial charge is 0.176 e. The third kappa shape index (κ3) is 4.35. The summed E-state index contributed by atoms with van der Waals surface area (Å²) in [6, 6.07) is 21.9. The molecule has 6 aromatic rings. The number of rotatable bonds is 7. The van der Waals surface area contributed by atoms with Gasteiger partial charge < -0.3 is 14.4 Å². The molecule has 0 radical (unpaired) electrons. The lowest BCUT2D eigenvalue weighted by atomic mass is 10.0. The van der Waals surface area contributed by atoms with Crippen LogP contribution >= 0.6 is 0 Å². The fraction of sp³-hybridized carbons (Fsp3) is 0.265. The second-order valence-electron chi connectivity index (χ2n) is 11.9. The second kappa shape index (κ2) is 9.93. The molecule has 214 valence electrons. The SMILES string of the molecule is c1cc2c(cc1-c1ccc3[nH]ncc3c1)Oc1cc(-c3ccc4[nH]ncc4c3)cnc1N2CCCCN1C[C@H]2C[C@@H]1CO2. The monoisotopic (exact) mass is 569 g/mol. The number of nitrogens with zero attached hydrogens (tertiary/aromatic N) is 5. The second-order valence-corrected chi connectivity index (χ2v) is 11.9. The van der Waals surface area contributed by atoms with Crippen LogP contribution in [0.2, 0.25) is 0 Å². The van der Waals surface area contributed by atoms with Crippen molar-refractivity contribution < 1.29 is 9.47 Å². The summed E-state index contributed by atoms with van der Waals surface area (Å²) in [6.07, 6.45) is 9.50. The molecular weight excluding hydrogens is 538 g/mol. The molecule has 2 bridgehead atoms. The van der Waals surface area contributed by atoms with Crippen LogP contribution in [0.15, 0.2) is 79.3 Å². The van der Waals surface area contributed by atoms with Crippen LogP contribution in [0.4, 0.5) is 11.5 Å². The van der Waals surface area contributed by atoms with E-state index in [9.17, 15) is 0 Å². The molecule has 0 aliphatic carbocycles. The number of hydrogen-bond acceptors (Lipinski definition) is 7. The number of morpholine rings is 1. The third-order valence-corrected chi connectivity index (χ3v) is 9.20. The summed E-state index contributed by atoms with van der Waals surface area (Å²) >= 11 is 0. The van der Waals surface area contributed by atoms with Gasteiger partial charge in [-0.15, -0.1) is 0 Å². The molecule has 3 aliphatic heterocycles. The highest BCUT2D eigenvalue weighted by molar-refractivity contribution is 5.87. The summed E-state index contributed by atoms with van der Waals surface area (Å²) in [7, 11) is 0. The van der Waals surface area contributed by atoms with Crippen LogP contribution in [0.5, 0.6) is 11.5 Å². The van der Waals surface area contributed by atoms with E-state index in [0.717, 1.165) is 106 Å². The molecular formula is C34H31N7O2. The molecule has 43 heavy (non-hydrogen) atoms. The number of pyridine rings is 1. The summed E-state index contributed by atoms with van der Waals surface area (Å²) < 4.78 is 12.4. The van der Waals surface area contributed by atoms with Crippen molar-refractivity contribution in [3.63, 3.8) is 0 Å². The quantitative estimate of drug-likeness (QED) is 0.208. The lowest BCUT2D eigenvalue weighted by Crippen LogP contribution is -2.37. The van der Waals surface area contributed by atoms with Gasteiger partial charge >= 0.3 is 0 Å². The Morgan fingerprint density at radius 3 is 2.19 bits per heavy atom. The lowest BCUT2D eigenvalue weighted by Gasteiger charge is -2.33. The van der Waals surface area contributed by atoms with Crippen molar-refractivity contribution in [1.29, 1.82) is 0 Å². The standard InChI is InChI=1S/C34H31N7O2/c1(9-40-19-28-15-27(40)20-42-28)2-10-41-31-8-5-23(21-3-6-29-25(11-21)17-36-38-29)13-32(31)43-33-14-24(16-35-34(33)41)22-4-7-30-26(12-22)18-37-39-30/h3-8,11-14,16-18,27-28H,1-2,9-10,15,19-20H2,(H,36,38)(H,37,39)/t27-,28-/m1/s1. The van der Waals surface area contributed by atoms with Crippen molar-refractivity contribution in [3.05, 3.63) is 79.3 Å².